The molecule has 0 bridgehead atoms. The van der Waals surface area contributed by atoms with Crippen LogP contribution in [0.2, 0.25) is 0 Å². The highest BCUT2D eigenvalue weighted by Gasteiger charge is 2.12. The van der Waals surface area contributed by atoms with E-state index in [-0.39, 0.29) is 6.04 Å². The van der Waals surface area contributed by atoms with Gasteiger partial charge in [0.25, 0.3) is 0 Å². The van der Waals surface area contributed by atoms with Crippen molar-refractivity contribution >= 4 is 23.0 Å². The van der Waals surface area contributed by atoms with Crippen molar-refractivity contribution < 1.29 is 0 Å². The van der Waals surface area contributed by atoms with Gasteiger partial charge in [0.15, 0.2) is 0 Å². The highest BCUT2D eigenvalue weighted by molar-refractivity contribution is 7.09. The average Bonchev–Trinajstić information content (AvgIpc) is 2.82. The third-order valence-corrected chi connectivity index (χ3v) is 3.05. The van der Waals surface area contributed by atoms with Crippen molar-refractivity contribution in [3.05, 3.63) is 28.7 Å². The lowest BCUT2D eigenvalue weighted by atomic mass is 10.2. The van der Waals surface area contributed by atoms with Crippen molar-refractivity contribution in [3.8, 4) is 0 Å². The number of nitrogens with two attached hydrogens (primary N) is 1. The second kappa shape index (κ2) is 4.89. The number of rotatable bonds is 4. The van der Waals surface area contributed by atoms with Gasteiger partial charge in [0, 0.05) is 11.6 Å². The minimum atomic E-state index is 0.179. The quantitative estimate of drug-likeness (QED) is 0.848. The number of nitrogens with one attached hydrogen (secondary N) is 1. The van der Waals surface area contributed by atoms with E-state index < -0.39 is 0 Å². The van der Waals surface area contributed by atoms with Gasteiger partial charge in [0.05, 0.1) is 6.04 Å². The van der Waals surface area contributed by atoms with E-state index >= 15 is 0 Å². The summed E-state index contributed by atoms with van der Waals surface area (Å²) in [6.45, 7) is 2.10. The predicted molar refractivity (Wildman–Crippen MR) is 65.2 cm³/mol. The number of aromatic nitrogens is 3. The smallest absolute Gasteiger partial charge is 0.149 e. The molecule has 2 rings (SSSR count). The van der Waals surface area contributed by atoms with Gasteiger partial charge in [-0.3, -0.25) is 0 Å². The van der Waals surface area contributed by atoms with Crippen molar-refractivity contribution in [3.63, 3.8) is 0 Å². The van der Waals surface area contributed by atoms with E-state index in [4.69, 9.17) is 5.73 Å². The van der Waals surface area contributed by atoms with Gasteiger partial charge in [-0.1, -0.05) is 6.92 Å². The molecule has 0 radical (unpaired) electrons. The average molecular weight is 235 g/mol. The molecule has 2 aromatic heterocycles. The van der Waals surface area contributed by atoms with Gasteiger partial charge in [-0.15, -0.1) is 21.5 Å². The van der Waals surface area contributed by atoms with Gasteiger partial charge in [0.1, 0.15) is 16.6 Å². The normalized spacial score (nSPS) is 12.3. The summed E-state index contributed by atoms with van der Waals surface area (Å²) < 4.78 is 0. The van der Waals surface area contributed by atoms with Crippen LogP contribution in [0.1, 0.15) is 24.4 Å². The molecular formula is C10H13N5S. The number of hydrogen-bond donors (Lipinski definition) is 2. The third kappa shape index (κ3) is 2.46. The first-order valence-corrected chi connectivity index (χ1v) is 5.92. The van der Waals surface area contributed by atoms with E-state index in [0.717, 1.165) is 17.2 Å². The fraction of sp³-hybridized carbons (Fsp3) is 0.300. The van der Waals surface area contributed by atoms with Gasteiger partial charge in [-0.05, 0) is 18.6 Å². The first kappa shape index (κ1) is 10.8. The molecule has 2 heterocycles. The Morgan fingerprint density at radius 3 is 2.88 bits per heavy atom. The zero-order valence-corrected chi connectivity index (χ0v) is 9.74. The fourth-order valence-corrected chi connectivity index (χ4v) is 2.12. The summed E-state index contributed by atoms with van der Waals surface area (Å²) in [6, 6.07) is 3.72. The molecule has 0 amide bonds. The van der Waals surface area contributed by atoms with Crippen LogP contribution in [0, 0.1) is 0 Å². The number of hydrogen-bond acceptors (Lipinski definition) is 6. The Balaban J connectivity index is 2.10. The summed E-state index contributed by atoms with van der Waals surface area (Å²) in [4.78, 5) is 4.28. The van der Waals surface area contributed by atoms with Crippen LogP contribution in [0.15, 0.2) is 23.7 Å². The lowest BCUT2D eigenvalue weighted by molar-refractivity contribution is 0.734. The lowest BCUT2D eigenvalue weighted by Gasteiger charge is -2.14. The Labute approximate surface area is 97.7 Å². The van der Waals surface area contributed by atoms with E-state index in [1.165, 1.54) is 0 Å². The molecule has 1 atom stereocenters. The third-order valence-electron chi connectivity index (χ3n) is 2.17. The molecule has 0 aromatic carbocycles. The molecule has 0 aliphatic rings. The van der Waals surface area contributed by atoms with Gasteiger partial charge >= 0.3 is 0 Å². The molecule has 3 N–H and O–H groups in total. The predicted octanol–water partition coefficient (Wildman–Crippen LogP) is 2.08. The van der Waals surface area contributed by atoms with E-state index in [1.54, 1.807) is 23.6 Å². The van der Waals surface area contributed by atoms with E-state index in [9.17, 15) is 0 Å². The Morgan fingerprint density at radius 1 is 1.44 bits per heavy atom. The molecule has 0 spiro atoms. The molecule has 0 saturated heterocycles. The van der Waals surface area contributed by atoms with Crippen LogP contribution in [-0.4, -0.2) is 15.2 Å². The summed E-state index contributed by atoms with van der Waals surface area (Å²) in [7, 11) is 0. The van der Waals surface area contributed by atoms with E-state index in [1.807, 2.05) is 11.4 Å². The zero-order valence-electron chi connectivity index (χ0n) is 8.92. The van der Waals surface area contributed by atoms with Crippen LogP contribution in [-0.2, 0) is 0 Å². The minimum Gasteiger partial charge on any atom is -0.382 e. The van der Waals surface area contributed by atoms with Gasteiger partial charge in [0.2, 0.25) is 0 Å². The molecule has 5 nitrogen and oxygen atoms in total. The summed E-state index contributed by atoms with van der Waals surface area (Å²) in [5, 5.41) is 14.1. The lowest BCUT2D eigenvalue weighted by Crippen LogP contribution is -2.11. The maximum atomic E-state index is 5.47. The first-order chi connectivity index (χ1) is 7.79. The Kier molecular flexibility index (Phi) is 3.31. The highest BCUT2D eigenvalue weighted by Crippen LogP contribution is 2.22. The molecule has 2 aromatic rings. The van der Waals surface area contributed by atoms with Crippen LogP contribution in [0.5, 0.6) is 0 Å². The zero-order chi connectivity index (χ0) is 11.4. The monoisotopic (exact) mass is 235 g/mol. The van der Waals surface area contributed by atoms with Gasteiger partial charge < -0.3 is 11.1 Å². The van der Waals surface area contributed by atoms with Gasteiger partial charge in [-0.2, -0.15) is 0 Å². The second-order valence-corrected chi connectivity index (χ2v) is 4.25. The van der Waals surface area contributed by atoms with Crippen LogP contribution in [0.25, 0.3) is 0 Å². The van der Waals surface area contributed by atoms with Crippen molar-refractivity contribution in [1.29, 1.82) is 0 Å². The number of anilines is 2. The molecule has 0 aliphatic heterocycles. The van der Waals surface area contributed by atoms with Crippen LogP contribution in [0.3, 0.4) is 0 Å². The minimum absolute atomic E-state index is 0.179. The Bertz CT molecular complexity index is 425. The maximum absolute atomic E-state index is 5.47. The molecule has 84 valence electrons. The summed E-state index contributed by atoms with van der Waals surface area (Å²) in [6.07, 6.45) is 2.75. The molecule has 1 unspecified atom stereocenters. The molecule has 0 fully saturated rings. The number of nitrogens with zero attached hydrogens (tertiary/aromatic N) is 3. The Hall–Kier alpha value is -1.69. The molecule has 6 heteroatoms. The van der Waals surface area contributed by atoms with Crippen molar-refractivity contribution in [1.82, 2.24) is 15.2 Å². The van der Waals surface area contributed by atoms with Crippen LogP contribution in [0.4, 0.5) is 11.6 Å². The SMILES string of the molecule is CCC(Nc1ccc(N)nn1)c1nccs1. The summed E-state index contributed by atoms with van der Waals surface area (Å²) in [5.41, 5.74) is 5.47. The standard InChI is InChI=1S/C10H13N5S/c1-2-7(10-12-5-6-16-10)13-9-4-3-8(11)14-15-9/h3-7H,2H2,1H3,(H2,11,14)(H,13,15). The second-order valence-electron chi connectivity index (χ2n) is 3.32. The Morgan fingerprint density at radius 2 is 2.31 bits per heavy atom. The van der Waals surface area contributed by atoms with E-state index in [2.05, 4.69) is 27.4 Å². The van der Waals surface area contributed by atoms with Crippen LogP contribution < -0.4 is 11.1 Å². The first-order valence-electron chi connectivity index (χ1n) is 5.04. The molecule has 0 aliphatic carbocycles. The molecule has 16 heavy (non-hydrogen) atoms. The largest absolute Gasteiger partial charge is 0.382 e. The number of thiazole rings is 1. The van der Waals surface area contributed by atoms with E-state index in [0.29, 0.717) is 5.82 Å². The summed E-state index contributed by atoms with van der Waals surface area (Å²) in [5.74, 6) is 1.14. The highest BCUT2D eigenvalue weighted by atomic mass is 32.1. The van der Waals surface area contributed by atoms with Crippen molar-refractivity contribution in [2.75, 3.05) is 11.1 Å². The fourth-order valence-electron chi connectivity index (χ4n) is 1.34. The summed E-state index contributed by atoms with van der Waals surface area (Å²) >= 11 is 1.63. The van der Waals surface area contributed by atoms with Crippen LogP contribution >= 0.6 is 11.3 Å². The molecule has 0 saturated carbocycles. The number of nitrogen functional groups attached to an aromatic ring is 1. The van der Waals surface area contributed by atoms with Crippen molar-refractivity contribution in [2.24, 2.45) is 0 Å². The molecular weight excluding hydrogens is 222 g/mol. The van der Waals surface area contributed by atoms with Gasteiger partial charge in [-0.25, -0.2) is 4.98 Å². The maximum Gasteiger partial charge on any atom is 0.149 e. The topological polar surface area (TPSA) is 76.7 Å². The van der Waals surface area contributed by atoms with Crippen molar-refractivity contribution in [2.45, 2.75) is 19.4 Å².